The number of hydrogen-bond donors (Lipinski definition) is 0. The van der Waals surface area contributed by atoms with Gasteiger partial charge in [0.1, 0.15) is 0 Å². The molecule has 0 N–H and O–H groups in total. The van der Waals surface area contributed by atoms with E-state index in [1.165, 1.54) is 44.5 Å². The fourth-order valence-electron chi connectivity index (χ4n) is 4.19. The van der Waals surface area contributed by atoms with E-state index >= 15 is 0 Å². The SMILES string of the molecule is C1=CCC=C(c2cc(-c3ccccc3)c(-c3ccccc3)cc2-c2ccccc2)C=C1. The van der Waals surface area contributed by atoms with Crippen molar-refractivity contribution in [3.8, 4) is 33.4 Å². The fourth-order valence-corrected chi connectivity index (χ4v) is 4.19. The quantitative estimate of drug-likeness (QED) is 0.324. The summed E-state index contributed by atoms with van der Waals surface area (Å²) >= 11 is 0. The smallest absolute Gasteiger partial charge is 0.00988 e. The van der Waals surface area contributed by atoms with Crippen molar-refractivity contribution >= 4 is 5.57 Å². The third-order valence-electron chi connectivity index (χ3n) is 5.72. The van der Waals surface area contributed by atoms with Crippen LogP contribution in [0.1, 0.15) is 12.0 Å². The Morgan fingerprint density at radius 1 is 0.452 bits per heavy atom. The molecular weight excluding hydrogens is 372 g/mol. The van der Waals surface area contributed by atoms with Gasteiger partial charge in [-0.05, 0) is 63.1 Å². The normalized spacial score (nSPS) is 13.0. The summed E-state index contributed by atoms with van der Waals surface area (Å²) in [4.78, 5) is 0. The maximum Gasteiger partial charge on any atom is -0.00988 e. The van der Waals surface area contributed by atoms with Gasteiger partial charge in [-0.25, -0.2) is 0 Å². The van der Waals surface area contributed by atoms with Gasteiger partial charge in [0.05, 0.1) is 0 Å². The zero-order valence-corrected chi connectivity index (χ0v) is 17.4. The molecule has 31 heavy (non-hydrogen) atoms. The van der Waals surface area contributed by atoms with Crippen molar-refractivity contribution in [1.82, 2.24) is 0 Å². The van der Waals surface area contributed by atoms with Gasteiger partial charge in [-0.2, -0.15) is 0 Å². The van der Waals surface area contributed by atoms with Gasteiger partial charge in [-0.3, -0.25) is 0 Å². The van der Waals surface area contributed by atoms with E-state index in [1.54, 1.807) is 0 Å². The Kier molecular flexibility index (Phi) is 5.45. The first-order valence-electron chi connectivity index (χ1n) is 10.8. The van der Waals surface area contributed by atoms with Crippen LogP contribution in [0.25, 0.3) is 39.0 Å². The average Bonchev–Trinajstić information content (AvgIpc) is 3.14. The van der Waals surface area contributed by atoms with Crippen molar-refractivity contribution in [2.24, 2.45) is 0 Å². The molecule has 0 amide bonds. The molecule has 0 spiro atoms. The first-order valence-corrected chi connectivity index (χ1v) is 10.8. The Hall–Kier alpha value is -3.90. The Balaban J connectivity index is 1.82. The zero-order valence-electron chi connectivity index (χ0n) is 17.4. The molecule has 0 heterocycles. The van der Waals surface area contributed by atoms with Crippen molar-refractivity contribution in [2.45, 2.75) is 6.42 Å². The zero-order chi connectivity index (χ0) is 20.9. The largest absolute Gasteiger partial charge is 0.0807 e. The Morgan fingerprint density at radius 2 is 0.903 bits per heavy atom. The van der Waals surface area contributed by atoms with E-state index in [2.05, 4.69) is 134 Å². The molecule has 5 rings (SSSR count). The molecule has 0 saturated carbocycles. The van der Waals surface area contributed by atoms with Crippen molar-refractivity contribution in [3.05, 3.63) is 139 Å². The maximum atomic E-state index is 2.38. The van der Waals surface area contributed by atoms with Crippen LogP contribution in [0.5, 0.6) is 0 Å². The molecule has 0 saturated heterocycles. The number of benzene rings is 4. The first kappa shape index (κ1) is 19.1. The van der Waals surface area contributed by atoms with Gasteiger partial charge in [-0.15, -0.1) is 0 Å². The molecule has 0 aliphatic heterocycles. The molecule has 0 nitrogen and oxygen atoms in total. The molecule has 1 aliphatic carbocycles. The van der Waals surface area contributed by atoms with Crippen molar-refractivity contribution < 1.29 is 0 Å². The van der Waals surface area contributed by atoms with Gasteiger partial charge in [0.25, 0.3) is 0 Å². The highest BCUT2D eigenvalue weighted by molar-refractivity contribution is 5.95. The predicted octanol–water partition coefficient (Wildman–Crippen LogP) is 8.59. The lowest BCUT2D eigenvalue weighted by atomic mass is 9.85. The highest BCUT2D eigenvalue weighted by Crippen LogP contribution is 2.41. The summed E-state index contributed by atoms with van der Waals surface area (Å²) in [6.45, 7) is 0. The van der Waals surface area contributed by atoms with E-state index in [0.717, 1.165) is 6.42 Å². The van der Waals surface area contributed by atoms with Crippen LogP contribution < -0.4 is 0 Å². The fraction of sp³-hybridized carbons (Fsp3) is 0.0323. The summed E-state index contributed by atoms with van der Waals surface area (Å²) < 4.78 is 0. The lowest BCUT2D eigenvalue weighted by Gasteiger charge is -2.18. The van der Waals surface area contributed by atoms with Gasteiger partial charge in [0, 0.05) is 0 Å². The van der Waals surface area contributed by atoms with Crippen LogP contribution in [0.2, 0.25) is 0 Å². The second kappa shape index (κ2) is 8.85. The summed E-state index contributed by atoms with van der Waals surface area (Å²) in [6.07, 6.45) is 11.9. The second-order valence-corrected chi connectivity index (χ2v) is 7.72. The van der Waals surface area contributed by atoms with E-state index in [0.29, 0.717) is 0 Å². The molecule has 0 aromatic heterocycles. The molecule has 148 valence electrons. The molecule has 1 aliphatic rings. The summed E-state index contributed by atoms with van der Waals surface area (Å²) in [5, 5.41) is 0. The van der Waals surface area contributed by atoms with Crippen LogP contribution >= 0.6 is 0 Å². The van der Waals surface area contributed by atoms with E-state index in [9.17, 15) is 0 Å². The van der Waals surface area contributed by atoms with Crippen molar-refractivity contribution in [2.75, 3.05) is 0 Å². The predicted molar refractivity (Wildman–Crippen MR) is 134 cm³/mol. The van der Waals surface area contributed by atoms with Crippen LogP contribution in [-0.2, 0) is 0 Å². The van der Waals surface area contributed by atoms with Gasteiger partial charge in [0.15, 0.2) is 0 Å². The van der Waals surface area contributed by atoms with Crippen LogP contribution in [0.15, 0.2) is 134 Å². The van der Waals surface area contributed by atoms with Gasteiger partial charge in [0.2, 0.25) is 0 Å². The summed E-state index contributed by atoms with van der Waals surface area (Å²) in [7, 11) is 0. The van der Waals surface area contributed by atoms with Crippen molar-refractivity contribution in [1.29, 1.82) is 0 Å². The van der Waals surface area contributed by atoms with E-state index in [1.807, 2.05) is 0 Å². The molecule has 4 aromatic carbocycles. The molecule has 0 bridgehead atoms. The van der Waals surface area contributed by atoms with Crippen molar-refractivity contribution in [3.63, 3.8) is 0 Å². The van der Waals surface area contributed by atoms with Gasteiger partial charge >= 0.3 is 0 Å². The van der Waals surface area contributed by atoms with Gasteiger partial charge in [-0.1, -0.05) is 121 Å². The van der Waals surface area contributed by atoms with E-state index < -0.39 is 0 Å². The third-order valence-corrected chi connectivity index (χ3v) is 5.72. The lowest BCUT2D eigenvalue weighted by molar-refractivity contribution is 1.40. The van der Waals surface area contributed by atoms with E-state index in [-0.39, 0.29) is 0 Å². The van der Waals surface area contributed by atoms with Crippen LogP contribution in [-0.4, -0.2) is 0 Å². The number of allylic oxidation sites excluding steroid dienone is 6. The van der Waals surface area contributed by atoms with Crippen LogP contribution in [0, 0.1) is 0 Å². The second-order valence-electron chi connectivity index (χ2n) is 7.72. The summed E-state index contributed by atoms with van der Waals surface area (Å²) in [6, 6.07) is 36.9. The first-order chi connectivity index (χ1) is 15.4. The summed E-state index contributed by atoms with van der Waals surface area (Å²) in [5.74, 6) is 0. The monoisotopic (exact) mass is 396 g/mol. The van der Waals surface area contributed by atoms with Crippen LogP contribution in [0.4, 0.5) is 0 Å². The average molecular weight is 397 g/mol. The highest BCUT2D eigenvalue weighted by Gasteiger charge is 2.16. The third kappa shape index (κ3) is 4.06. The maximum absolute atomic E-state index is 2.38. The minimum atomic E-state index is 0.942. The topological polar surface area (TPSA) is 0 Å². The highest BCUT2D eigenvalue weighted by atomic mass is 14.2. The number of hydrogen-bond acceptors (Lipinski definition) is 0. The molecule has 0 atom stereocenters. The standard InChI is InChI=1S/C31H24/c1-2-7-15-24(14-6-1)28-22-30(26-18-10-4-11-19-26)31(27-20-12-5-13-21-27)23-29(28)25-16-8-3-9-17-25/h1-6,8-23H,7H2. The lowest BCUT2D eigenvalue weighted by Crippen LogP contribution is -1.94. The molecule has 0 heteroatoms. The minimum Gasteiger partial charge on any atom is -0.0807 e. The molecule has 4 aromatic rings. The summed E-state index contributed by atoms with van der Waals surface area (Å²) in [5.41, 5.74) is 10.0. The Bertz CT molecular complexity index is 1260. The molecule has 0 fully saturated rings. The molecule has 0 unspecified atom stereocenters. The van der Waals surface area contributed by atoms with Crippen LogP contribution in [0.3, 0.4) is 0 Å². The van der Waals surface area contributed by atoms with Gasteiger partial charge < -0.3 is 0 Å². The van der Waals surface area contributed by atoms with E-state index in [4.69, 9.17) is 0 Å². The Labute approximate surface area is 184 Å². The number of rotatable bonds is 4. The minimum absolute atomic E-state index is 0.942. The molecular formula is C31H24. The Morgan fingerprint density at radius 3 is 1.42 bits per heavy atom. The molecule has 0 radical (unpaired) electrons.